The number of aromatic carboxylic acids is 1. The van der Waals surface area contributed by atoms with Gasteiger partial charge in [-0.25, -0.2) is 4.79 Å². The first-order valence-corrected chi connectivity index (χ1v) is 19.2. The van der Waals surface area contributed by atoms with E-state index in [2.05, 4.69) is 11.5 Å². The Kier molecular flexibility index (Phi) is 9.00. The van der Waals surface area contributed by atoms with Crippen LogP contribution in [0.4, 0.5) is 5.69 Å². The van der Waals surface area contributed by atoms with Gasteiger partial charge < -0.3 is 28.8 Å². The van der Waals surface area contributed by atoms with E-state index in [-0.39, 0.29) is 29.1 Å². The lowest BCUT2D eigenvalue weighted by Crippen LogP contribution is -2.43. The van der Waals surface area contributed by atoms with Crippen LogP contribution in [0.2, 0.25) is 10.0 Å². The molecule has 2 aliphatic heterocycles. The molecular weight excluding hydrogens is 739 g/mol. The van der Waals surface area contributed by atoms with Crippen LogP contribution in [0.25, 0.3) is 32.9 Å². The quantitative estimate of drug-likeness (QED) is 0.155. The number of aromatic nitrogens is 4. The lowest BCUT2D eigenvalue weighted by molar-refractivity contribution is 0.0671. The average molecular weight is 782 g/mol. The van der Waals surface area contributed by atoms with E-state index >= 15 is 4.79 Å². The Morgan fingerprint density at radius 1 is 0.927 bits per heavy atom. The van der Waals surface area contributed by atoms with E-state index in [1.807, 2.05) is 69.8 Å². The third kappa shape index (κ3) is 5.61. The van der Waals surface area contributed by atoms with Gasteiger partial charge in [0.25, 0.3) is 11.8 Å². The Morgan fingerprint density at radius 2 is 1.65 bits per heavy atom. The second-order valence-corrected chi connectivity index (χ2v) is 15.6. The molecule has 2 aliphatic rings. The third-order valence-electron chi connectivity index (χ3n) is 11.3. The van der Waals surface area contributed by atoms with Crippen molar-refractivity contribution in [2.75, 3.05) is 31.6 Å². The summed E-state index contributed by atoms with van der Waals surface area (Å²) in [6.07, 6.45) is 1.16. The number of halogens is 2. The molecule has 1 N–H and O–H groups in total. The summed E-state index contributed by atoms with van der Waals surface area (Å²) in [5.74, 6) is -1.01. The van der Waals surface area contributed by atoms with Crippen molar-refractivity contribution in [3.63, 3.8) is 0 Å². The van der Waals surface area contributed by atoms with Gasteiger partial charge in [0.15, 0.2) is 0 Å². The Hall–Kier alpha value is -5.26. The van der Waals surface area contributed by atoms with Crippen molar-refractivity contribution in [3.05, 3.63) is 97.5 Å². The molecule has 8 rings (SSSR count). The van der Waals surface area contributed by atoms with Crippen molar-refractivity contribution in [1.82, 2.24) is 23.8 Å². The molecule has 6 aromatic rings. The molecule has 13 heteroatoms. The molecule has 11 nitrogen and oxygen atoms in total. The topological polar surface area (TPSA) is 115 Å². The number of carbonyl (C=O) groups excluding carboxylic acids is 2. The Balaban J connectivity index is 1.30. The Labute approximate surface area is 328 Å². The second kappa shape index (κ2) is 13.5. The van der Waals surface area contributed by atoms with Crippen molar-refractivity contribution in [1.29, 1.82) is 0 Å². The first-order chi connectivity index (χ1) is 26.2. The highest BCUT2D eigenvalue weighted by molar-refractivity contribution is 6.35. The number of benzene rings is 3. The van der Waals surface area contributed by atoms with E-state index in [0.717, 1.165) is 60.9 Å². The lowest BCUT2D eigenvalue weighted by Gasteiger charge is -2.35. The monoisotopic (exact) mass is 780 g/mol. The molecule has 0 unspecified atom stereocenters. The van der Waals surface area contributed by atoms with Crippen LogP contribution in [0, 0.1) is 27.7 Å². The van der Waals surface area contributed by atoms with Gasteiger partial charge in [0, 0.05) is 72.4 Å². The summed E-state index contributed by atoms with van der Waals surface area (Å²) in [6, 6.07) is 12.9. The van der Waals surface area contributed by atoms with E-state index in [0.29, 0.717) is 66.4 Å². The van der Waals surface area contributed by atoms with Gasteiger partial charge in [0.1, 0.15) is 17.1 Å². The van der Waals surface area contributed by atoms with Gasteiger partial charge in [-0.05, 0) is 88.4 Å². The summed E-state index contributed by atoms with van der Waals surface area (Å²) in [4.78, 5) is 44.7. The van der Waals surface area contributed by atoms with Crippen molar-refractivity contribution in [3.8, 4) is 16.9 Å². The maximum atomic E-state index is 15.3. The molecular formula is C42H42Cl2N6O5. The van der Waals surface area contributed by atoms with Gasteiger partial charge in [-0.3, -0.25) is 14.3 Å². The van der Waals surface area contributed by atoms with Crippen LogP contribution in [0.15, 0.2) is 42.5 Å². The predicted molar refractivity (Wildman–Crippen MR) is 216 cm³/mol. The zero-order chi connectivity index (χ0) is 39.2. The number of amides is 2. The molecule has 0 saturated carbocycles. The number of para-hydroxylation sites is 1. The van der Waals surface area contributed by atoms with Crippen LogP contribution in [0.5, 0.6) is 5.75 Å². The van der Waals surface area contributed by atoms with E-state index in [9.17, 15) is 14.7 Å². The van der Waals surface area contributed by atoms with Gasteiger partial charge in [-0.2, -0.15) is 5.10 Å². The van der Waals surface area contributed by atoms with Crippen LogP contribution in [0.1, 0.15) is 78.8 Å². The molecule has 1 atom stereocenters. The minimum Gasteiger partial charge on any atom is -0.494 e. The van der Waals surface area contributed by atoms with Gasteiger partial charge in [0.2, 0.25) is 0 Å². The molecule has 3 aromatic carbocycles. The number of ether oxygens (including phenoxy) is 1. The molecule has 0 spiro atoms. The van der Waals surface area contributed by atoms with Crippen LogP contribution in [0.3, 0.4) is 0 Å². The van der Waals surface area contributed by atoms with E-state index in [1.165, 1.54) is 4.90 Å². The minimum absolute atomic E-state index is 0.0479. The van der Waals surface area contributed by atoms with Gasteiger partial charge in [-0.15, -0.1) is 0 Å². The number of anilines is 1. The third-order valence-corrected chi connectivity index (χ3v) is 12.2. The molecule has 0 fully saturated rings. The highest BCUT2D eigenvalue weighted by Gasteiger charge is 2.39. The highest BCUT2D eigenvalue weighted by atomic mass is 35.5. The molecule has 0 aliphatic carbocycles. The lowest BCUT2D eigenvalue weighted by atomic mass is 9.98. The zero-order valence-electron chi connectivity index (χ0n) is 31.9. The molecule has 5 heterocycles. The number of aryl methyl sites for hydroxylation is 5. The largest absolute Gasteiger partial charge is 0.494 e. The van der Waals surface area contributed by atoms with Crippen molar-refractivity contribution in [2.24, 2.45) is 7.05 Å². The first kappa shape index (κ1) is 36.7. The summed E-state index contributed by atoms with van der Waals surface area (Å²) >= 11 is 13.5. The fraction of sp³-hybridized carbons (Fsp3) is 0.333. The number of likely N-dealkylation sites (N-methyl/N-ethyl adjacent to an activating group) is 1. The van der Waals surface area contributed by atoms with E-state index in [4.69, 9.17) is 33.0 Å². The molecule has 284 valence electrons. The predicted octanol–water partition coefficient (Wildman–Crippen LogP) is 8.55. The average Bonchev–Trinajstić information content (AvgIpc) is 3.75. The first-order valence-electron chi connectivity index (χ1n) is 18.4. The fourth-order valence-electron chi connectivity index (χ4n) is 8.74. The highest BCUT2D eigenvalue weighted by Crippen LogP contribution is 2.46. The van der Waals surface area contributed by atoms with Gasteiger partial charge in [-0.1, -0.05) is 41.4 Å². The van der Waals surface area contributed by atoms with Crippen molar-refractivity contribution < 1.29 is 24.2 Å². The second-order valence-electron chi connectivity index (χ2n) is 14.9. The zero-order valence-corrected chi connectivity index (χ0v) is 33.4. The van der Waals surface area contributed by atoms with Crippen LogP contribution in [-0.4, -0.2) is 73.4 Å². The normalized spacial score (nSPS) is 15.7. The Bertz CT molecular complexity index is 2610. The van der Waals surface area contributed by atoms with Crippen LogP contribution < -0.4 is 9.64 Å². The van der Waals surface area contributed by atoms with Crippen LogP contribution in [-0.2, 0) is 20.0 Å². The SMILES string of the molecule is Cc1cc(OCCCc2c3n(c4c(-c5c(C)nn(C)c5C)c(Cl)ccc24)[C@H](C)CN(c2cccc4c(C(=O)O)c5n(c24)CCN(C)C5=O)C3=O)cc(C)c1Cl. The smallest absolute Gasteiger partial charge is 0.338 e. The number of nitrogens with zero attached hydrogens (tertiary/aromatic N) is 6. The van der Waals surface area contributed by atoms with Crippen molar-refractivity contribution in [2.45, 2.75) is 60.0 Å². The summed E-state index contributed by atoms with van der Waals surface area (Å²) in [6.45, 7) is 11.5. The number of fused-ring (bicyclic) bond motifs is 6. The number of hydrogen-bond donors (Lipinski definition) is 1. The number of carboxylic acids is 1. The van der Waals surface area contributed by atoms with E-state index < -0.39 is 5.97 Å². The molecule has 3 aromatic heterocycles. The van der Waals surface area contributed by atoms with E-state index in [1.54, 1.807) is 28.6 Å². The number of rotatable bonds is 8. The standard InChI is InChI=1S/C42H42Cl2N6O5/c1-21-18-26(19-22(2)35(21)44)55-17-9-11-27-28-13-14-30(43)34(32-24(4)45-47(7)25(32)5)37(28)50-23(3)20-49(41(52)38(27)50)31-12-8-10-29-33(42(53)54)39-40(51)46(6)15-16-48(39)36(29)31/h8,10,12-14,18-19,23H,9,11,15-17,20H2,1-7H3,(H,53,54)/t23-/m1/s1. The number of hydrogen-bond acceptors (Lipinski definition) is 5. The van der Waals surface area contributed by atoms with Crippen molar-refractivity contribution >= 4 is 68.5 Å². The summed E-state index contributed by atoms with van der Waals surface area (Å²) in [7, 11) is 3.58. The van der Waals surface area contributed by atoms with Gasteiger partial charge >= 0.3 is 5.97 Å². The maximum absolute atomic E-state index is 15.3. The fourth-order valence-corrected chi connectivity index (χ4v) is 9.10. The Morgan fingerprint density at radius 3 is 2.33 bits per heavy atom. The summed E-state index contributed by atoms with van der Waals surface area (Å²) < 4.78 is 12.0. The summed E-state index contributed by atoms with van der Waals surface area (Å²) in [5.41, 5.74) is 8.98. The number of carboxylic acid groups (broad SMARTS) is 1. The maximum Gasteiger partial charge on any atom is 0.338 e. The molecule has 0 saturated heterocycles. The molecule has 55 heavy (non-hydrogen) atoms. The van der Waals surface area contributed by atoms with Gasteiger partial charge in [0.05, 0.1) is 39.6 Å². The summed E-state index contributed by atoms with van der Waals surface area (Å²) in [5, 5.41) is 17.7. The number of carbonyl (C=O) groups is 3. The minimum atomic E-state index is -1.18. The molecule has 0 bridgehead atoms. The van der Waals surface area contributed by atoms with Crippen LogP contribution >= 0.6 is 23.2 Å². The molecule has 2 amide bonds. The molecule has 0 radical (unpaired) electrons.